The Morgan fingerprint density at radius 2 is 2.31 bits per heavy atom. The minimum absolute atomic E-state index is 0.180. The van der Waals surface area contributed by atoms with Gasteiger partial charge in [0.2, 0.25) is 5.82 Å². The fourth-order valence-electron chi connectivity index (χ4n) is 1.08. The van der Waals surface area contributed by atoms with Gasteiger partial charge < -0.3 is 10.1 Å². The first-order valence-electron chi connectivity index (χ1n) is 3.55. The van der Waals surface area contributed by atoms with Crippen molar-refractivity contribution in [1.82, 2.24) is 9.97 Å². The molecule has 0 spiro atoms. The van der Waals surface area contributed by atoms with Gasteiger partial charge in [0.15, 0.2) is 0 Å². The number of carboxylic acids is 1. The smallest absolute Gasteiger partial charge is 0.371 e. The van der Waals surface area contributed by atoms with Crippen molar-refractivity contribution in [3.8, 4) is 0 Å². The van der Waals surface area contributed by atoms with E-state index in [0.29, 0.717) is 11.0 Å². The Kier molecular flexibility index (Phi) is 1.51. The van der Waals surface area contributed by atoms with Crippen molar-refractivity contribution in [3.63, 3.8) is 0 Å². The second-order valence-corrected chi connectivity index (χ2v) is 2.55. The Hall–Kier alpha value is -1.91. The molecule has 1 aromatic heterocycles. The number of aromatic amines is 1. The number of fused-ring (bicyclic) bond motifs is 1. The van der Waals surface area contributed by atoms with E-state index < -0.39 is 11.8 Å². The molecule has 0 aliphatic heterocycles. The van der Waals surface area contributed by atoms with E-state index in [1.807, 2.05) is 0 Å². The quantitative estimate of drug-likeness (QED) is 0.697. The molecule has 1 aromatic carbocycles. The van der Waals surface area contributed by atoms with Crippen molar-refractivity contribution in [3.05, 3.63) is 29.8 Å². The monoisotopic (exact) mass is 180 g/mol. The zero-order chi connectivity index (χ0) is 9.42. The van der Waals surface area contributed by atoms with Crippen LogP contribution in [0.5, 0.6) is 0 Å². The van der Waals surface area contributed by atoms with Gasteiger partial charge in [0.05, 0.1) is 11.0 Å². The fraction of sp³-hybridized carbons (Fsp3) is 0. The van der Waals surface area contributed by atoms with E-state index in [0.717, 1.165) is 0 Å². The summed E-state index contributed by atoms with van der Waals surface area (Å²) < 4.78 is 12.6. The largest absolute Gasteiger partial charge is 0.475 e. The maximum Gasteiger partial charge on any atom is 0.371 e. The van der Waals surface area contributed by atoms with E-state index in [1.54, 1.807) is 0 Å². The molecule has 66 valence electrons. The molecule has 0 radical (unpaired) electrons. The van der Waals surface area contributed by atoms with Crippen LogP contribution in [-0.2, 0) is 0 Å². The predicted molar refractivity (Wildman–Crippen MR) is 43.0 cm³/mol. The number of imidazole rings is 1. The highest BCUT2D eigenvalue weighted by molar-refractivity contribution is 5.88. The number of aromatic nitrogens is 2. The number of nitrogens with one attached hydrogen (secondary N) is 1. The third kappa shape index (κ3) is 1.24. The van der Waals surface area contributed by atoms with Crippen LogP contribution in [0.25, 0.3) is 11.0 Å². The molecule has 1 heterocycles. The average molecular weight is 180 g/mol. The lowest BCUT2D eigenvalue weighted by Gasteiger charge is -1.85. The van der Waals surface area contributed by atoms with Gasteiger partial charge in [0.25, 0.3) is 0 Å². The number of hydrogen-bond donors (Lipinski definition) is 2. The highest BCUT2D eigenvalue weighted by Crippen LogP contribution is 2.12. The number of hydrogen-bond acceptors (Lipinski definition) is 2. The summed E-state index contributed by atoms with van der Waals surface area (Å²) in [5.74, 6) is -1.77. The molecule has 0 atom stereocenters. The lowest BCUT2D eigenvalue weighted by molar-refractivity contribution is 0.0685. The van der Waals surface area contributed by atoms with Crippen LogP contribution in [0, 0.1) is 5.82 Å². The summed E-state index contributed by atoms with van der Waals surface area (Å²) in [6.45, 7) is 0. The van der Waals surface area contributed by atoms with Gasteiger partial charge in [-0.25, -0.2) is 14.2 Å². The van der Waals surface area contributed by atoms with Crippen molar-refractivity contribution < 1.29 is 14.3 Å². The summed E-state index contributed by atoms with van der Waals surface area (Å²) in [4.78, 5) is 16.7. The number of H-pyrrole nitrogens is 1. The Labute approximate surface area is 72.0 Å². The van der Waals surface area contributed by atoms with Crippen LogP contribution >= 0.6 is 0 Å². The zero-order valence-corrected chi connectivity index (χ0v) is 6.41. The van der Waals surface area contributed by atoms with Gasteiger partial charge in [-0.05, 0) is 12.1 Å². The van der Waals surface area contributed by atoms with Crippen LogP contribution in [0.15, 0.2) is 18.2 Å². The van der Waals surface area contributed by atoms with Gasteiger partial charge in [-0.1, -0.05) is 0 Å². The van der Waals surface area contributed by atoms with E-state index in [1.165, 1.54) is 18.2 Å². The fourth-order valence-corrected chi connectivity index (χ4v) is 1.08. The van der Waals surface area contributed by atoms with E-state index in [9.17, 15) is 9.18 Å². The second-order valence-electron chi connectivity index (χ2n) is 2.55. The molecule has 4 nitrogen and oxygen atoms in total. The SMILES string of the molecule is O=C(O)c1nc2cc(F)ccc2[nH]1. The summed E-state index contributed by atoms with van der Waals surface area (Å²) in [6, 6.07) is 3.87. The molecule has 0 saturated carbocycles. The summed E-state index contributed by atoms with van der Waals surface area (Å²) in [7, 11) is 0. The third-order valence-electron chi connectivity index (χ3n) is 1.65. The molecule has 0 unspecified atom stereocenters. The number of carboxylic acid groups (broad SMARTS) is 1. The molecule has 0 amide bonds. The molecular formula is C8H5FN2O2. The van der Waals surface area contributed by atoms with Crippen LogP contribution in [0.2, 0.25) is 0 Å². The van der Waals surface area contributed by atoms with Crippen LogP contribution in [0.3, 0.4) is 0 Å². The lowest BCUT2D eigenvalue weighted by atomic mass is 10.3. The van der Waals surface area contributed by atoms with Crippen molar-refractivity contribution >= 4 is 17.0 Å². The van der Waals surface area contributed by atoms with Gasteiger partial charge in [0, 0.05) is 6.07 Å². The molecule has 0 aliphatic carbocycles. The van der Waals surface area contributed by atoms with E-state index in [-0.39, 0.29) is 5.82 Å². The van der Waals surface area contributed by atoms with Crippen molar-refractivity contribution in [1.29, 1.82) is 0 Å². The first-order valence-corrected chi connectivity index (χ1v) is 3.55. The summed E-state index contributed by atoms with van der Waals surface area (Å²) >= 11 is 0. The Morgan fingerprint density at radius 1 is 1.54 bits per heavy atom. The maximum atomic E-state index is 12.6. The third-order valence-corrected chi connectivity index (χ3v) is 1.65. The van der Waals surface area contributed by atoms with Crippen LogP contribution < -0.4 is 0 Å². The maximum absolute atomic E-state index is 12.6. The Morgan fingerprint density at radius 3 is 3.00 bits per heavy atom. The van der Waals surface area contributed by atoms with Crippen molar-refractivity contribution in [2.45, 2.75) is 0 Å². The molecule has 0 saturated heterocycles. The van der Waals surface area contributed by atoms with Gasteiger partial charge in [-0.15, -0.1) is 0 Å². The second kappa shape index (κ2) is 2.55. The number of aromatic carboxylic acids is 1. The van der Waals surface area contributed by atoms with Gasteiger partial charge in [-0.3, -0.25) is 0 Å². The number of benzene rings is 1. The van der Waals surface area contributed by atoms with Crippen LogP contribution in [0.4, 0.5) is 4.39 Å². The molecule has 2 N–H and O–H groups in total. The number of nitrogens with zero attached hydrogens (tertiary/aromatic N) is 1. The first kappa shape index (κ1) is 7.72. The molecular weight excluding hydrogens is 175 g/mol. The Bertz CT molecular complexity index is 478. The van der Waals surface area contributed by atoms with Gasteiger partial charge >= 0.3 is 5.97 Å². The normalized spacial score (nSPS) is 10.5. The first-order chi connectivity index (χ1) is 6.16. The highest BCUT2D eigenvalue weighted by atomic mass is 19.1. The standard InChI is InChI=1S/C8H5FN2O2/c9-4-1-2-5-6(3-4)11-7(10-5)8(12)13/h1-3H,(H,10,11)(H,12,13). The molecule has 0 fully saturated rings. The van der Waals surface area contributed by atoms with Crippen molar-refractivity contribution in [2.75, 3.05) is 0 Å². The minimum atomic E-state index is -1.16. The van der Waals surface area contributed by atoms with Crippen LogP contribution in [-0.4, -0.2) is 21.0 Å². The zero-order valence-electron chi connectivity index (χ0n) is 6.41. The number of halogens is 1. The number of carbonyl (C=O) groups is 1. The van der Waals surface area contributed by atoms with Crippen molar-refractivity contribution in [2.24, 2.45) is 0 Å². The summed E-state index contributed by atoms with van der Waals surface area (Å²) in [5, 5.41) is 8.57. The molecule has 5 heteroatoms. The molecule has 2 aromatic rings. The average Bonchev–Trinajstić information content (AvgIpc) is 2.46. The van der Waals surface area contributed by atoms with Gasteiger partial charge in [-0.2, -0.15) is 0 Å². The minimum Gasteiger partial charge on any atom is -0.475 e. The molecule has 0 bridgehead atoms. The van der Waals surface area contributed by atoms with E-state index in [4.69, 9.17) is 5.11 Å². The van der Waals surface area contributed by atoms with Crippen LogP contribution in [0.1, 0.15) is 10.6 Å². The predicted octanol–water partition coefficient (Wildman–Crippen LogP) is 1.40. The molecule has 13 heavy (non-hydrogen) atoms. The highest BCUT2D eigenvalue weighted by Gasteiger charge is 2.08. The van der Waals surface area contributed by atoms with E-state index in [2.05, 4.69) is 9.97 Å². The summed E-state index contributed by atoms with van der Waals surface area (Å²) in [5.41, 5.74) is 0.830. The molecule has 0 aliphatic rings. The summed E-state index contributed by atoms with van der Waals surface area (Å²) in [6.07, 6.45) is 0. The lowest BCUT2D eigenvalue weighted by Crippen LogP contribution is -1.97. The number of rotatable bonds is 1. The van der Waals surface area contributed by atoms with E-state index >= 15 is 0 Å². The Balaban J connectivity index is 2.68. The molecule has 2 rings (SSSR count). The van der Waals surface area contributed by atoms with Gasteiger partial charge in [0.1, 0.15) is 5.82 Å². The topological polar surface area (TPSA) is 66.0 Å².